The van der Waals surface area contributed by atoms with E-state index in [1.807, 2.05) is 35.2 Å². The van der Waals surface area contributed by atoms with Gasteiger partial charge < -0.3 is 14.7 Å². The fourth-order valence-corrected chi connectivity index (χ4v) is 3.35. The summed E-state index contributed by atoms with van der Waals surface area (Å²) in [6.07, 6.45) is 1.97. The molecule has 0 fully saturated rings. The van der Waals surface area contributed by atoms with Crippen LogP contribution >= 0.6 is 0 Å². The van der Waals surface area contributed by atoms with E-state index >= 15 is 0 Å². The number of rotatable bonds is 5. The molecule has 0 bridgehead atoms. The number of hydrogen-bond donors (Lipinski definition) is 1. The number of aryl methyl sites for hydroxylation is 1. The fourth-order valence-electron chi connectivity index (χ4n) is 3.35. The van der Waals surface area contributed by atoms with Gasteiger partial charge in [-0.2, -0.15) is 0 Å². The maximum Gasteiger partial charge on any atom is 0.294 e. The molecule has 1 aliphatic heterocycles. The van der Waals surface area contributed by atoms with Crippen LogP contribution in [0.2, 0.25) is 0 Å². The molecular formula is C20H19N3O3. The van der Waals surface area contributed by atoms with Crippen LogP contribution in [0.15, 0.2) is 40.9 Å². The second kappa shape index (κ2) is 6.29. The predicted octanol–water partition coefficient (Wildman–Crippen LogP) is 4.15. The molecule has 132 valence electrons. The first-order chi connectivity index (χ1) is 12.6. The summed E-state index contributed by atoms with van der Waals surface area (Å²) in [7, 11) is 0. The molecule has 0 saturated carbocycles. The van der Waals surface area contributed by atoms with E-state index in [0.717, 1.165) is 29.3 Å². The maximum absolute atomic E-state index is 12.8. The summed E-state index contributed by atoms with van der Waals surface area (Å²) in [6, 6.07) is 10.9. The van der Waals surface area contributed by atoms with Gasteiger partial charge in [-0.15, -0.1) is 0 Å². The Morgan fingerprint density at radius 2 is 2.12 bits per heavy atom. The predicted molar refractivity (Wildman–Crippen MR) is 99.7 cm³/mol. The van der Waals surface area contributed by atoms with E-state index in [4.69, 9.17) is 4.52 Å². The summed E-state index contributed by atoms with van der Waals surface area (Å²) in [4.78, 5) is 27.0. The Morgan fingerprint density at radius 3 is 2.85 bits per heavy atom. The molecular weight excluding hydrogens is 330 g/mol. The van der Waals surface area contributed by atoms with Gasteiger partial charge in [-0.1, -0.05) is 30.6 Å². The molecule has 0 spiro atoms. The summed E-state index contributed by atoms with van der Waals surface area (Å²) in [6.45, 7) is 4.56. The minimum absolute atomic E-state index is 0.0217. The molecule has 4 rings (SSSR count). The number of nitrogens with one attached hydrogen (secondary N) is 1. The van der Waals surface area contributed by atoms with Crippen molar-refractivity contribution in [3.63, 3.8) is 0 Å². The van der Waals surface area contributed by atoms with E-state index in [-0.39, 0.29) is 17.6 Å². The first-order valence-electron chi connectivity index (χ1n) is 8.72. The van der Waals surface area contributed by atoms with Crippen molar-refractivity contribution in [2.75, 3.05) is 16.8 Å². The number of anilines is 2. The third kappa shape index (κ3) is 2.54. The highest BCUT2D eigenvalue weighted by Crippen LogP contribution is 2.40. The first kappa shape index (κ1) is 16.3. The second-order valence-corrected chi connectivity index (χ2v) is 6.46. The molecule has 26 heavy (non-hydrogen) atoms. The number of hydrogen-bond acceptors (Lipinski definition) is 4. The van der Waals surface area contributed by atoms with Gasteiger partial charge >= 0.3 is 0 Å². The van der Waals surface area contributed by atoms with Gasteiger partial charge in [0.05, 0.1) is 11.4 Å². The zero-order valence-electron chi connectivity index (χ0n) is 14.7. The van der Waals surface area contributed by atoms with Gasteiger partial charge in [0.2, 0.25) is 5.76 Å². The molecule has 0 saturated heterocycles. The Kier molecular flexibility index (Phi) is 3.95. The highest BCUT2D eigenvalue weighted by atomic mass is 16.5. The number of amides is 2. The zero-order chi connectivity index (χ0) is 18.3. The normalized spacial score (nSPS) is 12.8. The molecule has 0 aliphatic carbocycles. The van der Waals surface area contributed by atoms with E-state index < -0.39 is 0 Å². The van der Waals surface area contributed by atoms with E-state index in [9.17, 15) is 9.59 Å². The van der Waals surface area contributed by atoms with Crippen LogP contribution in [0.4, 0.5) is 11.4 Å². The highest BCUT2D eigenvalue weighted by molar-refractivity contribution is 6.27. The number of benzene rings is 2. The number of aromatic nitrogens is 1. The zero-order valence-corrected chi connectivity index (χ0v) is 14.7. The minimum Gasteiger partial charge on any atom is -0.351 e. The average molecular weight is 349 g/mol. The van der Waals surface area contributed by atoms with Crippen LogP contribution in [0.5, 0.6) is 0 Å². The van der Waals surface area contributed by atoms with Crippen molar-refractivity contribution in [2.45, 2.75) is 26.7 Å². The lowest BCUT2D eigenvalue weighted by molar-refractivity contribution is 0.0982. The number of unbranched alkanes of at least 4 members (excludes halogenated alkanes) is 1. The third-order valence-electron chi connectivity index (χ3n) is 4.62. The van der Waals surface area contributed by atoms with E-state index in [2.05, 4.69) is 17.4 Å². The average Bonchev–Trinajstić information content (AvgIpc) is 3.19. The monoisotopic (exact) mass is 349 g/mol. The van der Waals surface area contributed by atoms with Crippen LogP contribution in [-0.4, -0.2) is 23.5 Å². The molecule has 6 heteroatoms. The first-order valence-corrected chi connectivity index (χ1v) is 8.72. The molecule has 2 heterocycles. The molecule has 1 aromatic heterocycles. The molecule has 2 aromatic carbocycles. The van der Waals surface area contributed by atoms with Gasteiger partial charge in [0.1, 0.15) is 0 Å². The van der Waals surface area contributed by atoms with Gasteiger partial charge in [-0.05, 0) is 31.5 Å². The number of carbonyl (C=O) groups excluding carboxylic acids is 2. The van der Waals surface area contributed by atoms with Crippen molar-refractivity contribution in [1.82, 2.24) is 5.16 Å². The van der Waals surface area contributed by atoms with Crippen LogP contribution in [-0.2, 0) is 0 Å². The molecule has 2 amide bonds. The van der Waals surface area contributed by atoms with Crippen LogP contribution in [0.1, 0.15) is 46.4 Å². The standard InChI is InChI=1S/C20H19N3O3/c1-3-4-10-23-16-9-8-15(21-19(24)17-11-12(2)22-26-17)13-6-5-7-14(18(13)16)20(23)25/h5-9,11H,3-4,10H2,1-2H3,(H,21,24). The lowest BCUT2D eigenvalue weighted by Gasteiger charge is -2.17. The molecule has 0 radical (unpaired) electrons. The van der Waals surface area contributed by atoms with Gasteiger partial charge in [-0.25, -0.2) is 0 Å². The summed E-state index contributed by atoms with van der Waals surface area (Å²) < 4.78 is 5.02. The van der Waals surface area contributed by atoms with Gasteiger partial charge in [0.15, 0.2) is 0 Å². The van der Waals surface area contributed by atoms with E-state index in [0.29, 0.717) is 23.5 Å². The van der Waals surface area contributed by atoms with Crippen LogP contribution in [0, 0.1) is 6.92 Å². The van der Waals surface area contributed by atoms with Crippen molar-refractivity contribution in [3.05, 3.63) is 53.4 Å². The molecule has 1 aliphatic rings. The van der Waals surface area contributed by atoms with Gasteiger partial charge in [0.25, 0.3) is 11.8 Å². The van der Waals surface area contributed by atoms with E-state index in [1.54, 1.807) is 13.0 Å². The Balaban J connectivity index is 1.74. The summed E-state index contributed by atoms with van der Waals surface area (Å²) in [5.74, 6) is -0.182. The van der Waals surface area contributed by atoms with Gasteiger partial charge in [0, 0.05) is 34.6 Å². The SMILES string of the molecule is CCCCN1C(=O)c2cccc3c(NC(=O)c4cc(C)no4)ccc1c23. The Morgan fingerprint density at radius 1 is 1.27 bits per heavy atom. The summed E-state index contributed by atoms with van der Waals surface area (Å²) in [5.41, 5.74) is 2.88. The Hall–Kier alpha value is -3.15. The lowest BCUT2D eigenvalue weighted by atomic mass is 10.0. The van der Waals surface area contributed by atoms with E-state index in [1.165, 1.54) is 0 Å². The fraction of sp³-hybridized carbons (Fsp3) is 0.250. The lowest BCUT2D eigenvalue weighted by Crippen LogP contribution is -2.27. The van der Waals surface area contributed by atoms with Crippen molar-refractivity contribution in [1.29, 1.82) is 0 Å². The van der Waals surface area contributed by atoms with Crippen molar-refractivity contribution in [2.24, 2.45) is 0 Å². The van der Waals surface area contributed by atoms with Crippen molar-refractivity contribution < 1.29 is 14.1 Å². The summed E-state index contributed by atoms with van der Waals surface area (Å²) >= 11 is 0. The smallest absolute Gasteiger partial charge is 0.294 e. The van der Waals surface area contributed by atoms with Crippen molar-refractivity contribution in [3.8, 4) is 0 Å². The number of carbonyl (C=O) groups is 2. The quantitative estimate of drug-likeness (QED) is 0.751. The maximum atomic E-state index is 12.8. The Labute approximate surface area is 150 Å². The highest BCUT2D eigenvalue weighted by Gasteiger charge is 2.30. The largest absolute Gasteiger partial charge is 0.351 e. The molecule has 3 aromatic rings. The molecule has 0 atom stereocenters. The number of nitrogens with zero attached hydrogens (tertiary/aromatic N) is 2. The third-order valence-corrected chi connectivity index (χ3v) is 4.62. The Bertz CT molecular complexity index is 1020. The second-order valence-electron chi connectivity index (χ2n) is 6.46. The van der Waals surface area contributed by atoms with Crippen LogP contribution in [0.3, 0.4) is 0 Å². The van der Waals surface area contributed by atoms with Gasteiger partial charge in [-0.3, -0.25) is 9.59 Å². The topological polar surface area (TPSA) is 75.4 Å². The van der Waals surface area contributed by atoms with Crippen LogP contribution < -0.4 is 10.2 Å². The van der Waals surface area contributed by atoms with Crippen LogP contribution in [0.25, 0.3) is 10.8 Å². The minimum atomic E-state index is -0.363. The molecule has 0 unspecified atom stereocenters. The van der Waals surface area contributed by atoms with Crippen molar-refractivity contribution >= 4 is 34.0 Å². The summed E-state index contributed by atoms with van der Waals surface area (Å²) in [5, 5.41) is 8.34. The molecule has 6 nitrogen and oxygen atoms in total. The molecule has 1 N–H and O–H groups in total.